The Bertz CT molecular complexity index is 1420. The topological polar surface area (TPSA) is 48.5 Å². The molecular formula is C36H45F3N4O. The third-order valence-corrected chi connectivity index (χ3v) is 10.3. The highest BCUT2D eigenvalue weighted by molar-refractivity contribution is 6.09. The third-order valence-electron chi connectivity index (χ3n) is 10.3. The number of hydrogen-bond donors (Lipinski definition) is 1. The summed E-state index contributed by atoms with van der Waals surface area (Å²) in [5.74, 6) is 0.189. The van der Waals surface area contributed by atoms with Crippen molar-refractivity contribution in [1.82, 2.24) is 20.1 Å². The predicted octanol–water partition coefficient (Wildman–Crippen LogP) is 8.07. The first-order valence-corrected chi connectivity index (χ1v) is 16.6. The van der Waals surface area contributed by atoms with E-state index >= 15 is 0 Å². The number of alkyl halides is 3. The van der Waals surface area contributed by atoms with E-state index in [1.807, 2.05) is 30.3 Å². The van der Waals surface area contributed by atoms with Crippen LogP contribution in [-0.2, 0) is 12.7 Å². The molecule has 2 saturated heterocycles. The average Bonchev–Trinajstić information content (AvgIpc) is 3.05. The summed E-state index contributed by atoms with van der Waals surface area (Å²) in [5.41, 5.74) is 2.09. The molecule has 2 aromatic carbocycles. The van der Waals surface area contributed by atoms with E-state index in [0.29, 0.717) is 35.1 Å². The molecule has 1 atom stereocenters. The molecule has 1 aromatic heterocycles. The van der Waals surface area contributed by atoms with Gasteiger partial charge < -0.3 is 10.2 Å². The lowest BCUT2D eigenvalue weighted by Crippen LogP contribution is -2.46. The summed E-state index contributed by atoms with van der Waals surface area (Å²) in [6.07, 6.45) is 7.26. The number of nitrogens with zero attached hydrogens (tertiary/aromatic N) is 3. The fourth-order valence-electron chi connectivity index (χ4n) is 7.71. The number of likely N-dealkylation sites (tertiary alicyclic amines) is 2. The van der Waals surface area contributed by atoms with E-state index in [2.05, 4.69) is 22.0 Å². The van der Waals surface area contributed by atoms with Gasteiger partial charge in [0.2, 0.25) is 0 Å². The minimum absolute atomic E-state index is 0.0197. The van der Waals surface area contributed by atoms with Crippen molar-refractivity contribution in [1.29, 1.82) is 0 Å². The monoisotopic (exact) mass is 606 g/mol. The summed E-state index contributed by atoms with van der Waals surface area (Å²) in [7, 11) is 0. The number of hydrogen-bond acceptors (Lipinski definition) is 4. The van der Waals surface area contributed by atoms with Crippen LogP contribution in [0.15, 0.2) is 48.5 Å². The van der Waals surface area contributed by atoms with Gasteiger partial charge in [0, 0.05) is 35.1 Å². The summed E-state index contributed by atoms with van der Waals surface area (Å²) in [6.45, 7) is 6.80. The Morgan fingerprint density at radius 3 is 2.27 bits per heavy atom. The fraction of sp³-hybridized carbons (Fsp3) is 0.556. The summed E-state index contributed by atoms with van der Waals surface area (Å²) < 4.78 is 41.4. The number of carbonyl (C=O) groups excluding carboxylic acids is 1. The largest absolute Gasteiger partial charge is 0.416 e. The smallest absolute Gasteiger partial charge is 0.349 e. The zero-order valence-electron chi connectivity index (χ0n) is 25.8. The molecule has 3 heterocycles. The number of fused-ring (bicyclic) bond motifs is 1. The average molecular weight is 607 g/mol. The Labute approximate surface area is 259 Å². The number of carbonyl (C=O) groups is 1. The molecule has 0 radical (unpaired) electrons. The van der Waals surface area contributed by atoms with Crippen LogP contribution < -0.4 is 5.32 Å². The Hall–Kier alpha value is -2.97. The lowest BCUT2D eigenvalue weighted by atomic mass is 9.84. The van der Waals surface area contributed by atoms with Crippen molar-refractivity contribution < 1.29 is 18.0 Å². The van der Waals surface area contributed by atoms with E-state index in [4.69, 9.17) is 4.98 Å². The molecule has 236 valence electrons. The molecule has 1 N–H and O–H groups in total. The minimum atomic E-state index is -4.50. The Morgan fingerprint density at radius 1 is 0.909 bits per heavy atom. The van der Waals surface area contributed by atoms with Gasteiger partial charge in [0.05, 0.1) is 22.3 Å². The van der Waals surface area contributed by atoms with E-state index in [1.165, 1.54) is 57.7 Å². The Balaban J connectivity index is 1.39. The van der Waals surface area contributed by atoms with Crippen LogP contribution in [0.4, 0.5) is 13.2 Å². The van der Waals surface area contributed by atoms with Crippen molar-refractivity contribution in [2.45, 2.75) is 95.9 Å². The normalized spacial score (nSPS) is 20.5. The van der Waals surface area contributed by atoms with E-state index in [0.717, 1.165) is 62.0 Å². The van der Waals surface area contributed by atoms with Gasteiger partial charge in [-0.15, -0.1) is 0 Å². The van der Waals surface area contributed by atoms with Gasteiger partial charge in [-0.1, -0.05) is 62.1 Å². The number of rotatable bonds is 7. The zero-order chi connectivity index (χ0) is 30.7. The van der Waals surface area contributed by atoms with Crippen LogP contribution in [-0.4, -0.2) is 59.0 Å². The number of aromatic nitrogens is 1. The highest BCUT2D eigenvalue weighted by Gasteiger charge is 2.33. The molecule has 1 amide bonds. The lowest BCUT2D eigenvalue weighted by molar-refractivity contribution is -0.137. The van der Waals surface area contributed by atoms with Gasteiger partial charge >= 0.3 is 6.18 Å². The quantitative estimate of drug-likeness (QED) is 0.296. The first kappa shape index (κ1) is 31.0. The highest BCUT2D eigenvalue weighted by atomic mass is 19.4. The van der Waals surface area contributed by atoms with Crippen molar-refractivity contribution in [3.8, 4) is 11.3 Å². The van der Waals surface area contributed by atoms with Gasteiger partial charge in [-0.2, -0.15) is 13.2 Å². The molecule has 44 heavy (non-hydrogen) atoms. The SMILES string of the molecule is C[C@@H](NC(=O)c1c(CN2CCC(N3CCCCC3)CC2)c(-c2ccccc2)nc2cc(C(F)(F)F)ccc12)C1CCCCC1. The molecule has 0 spiro atoms. The molecule has 0 bridgehead atoms. The Kier molecular flexibility index (Phi) is 9.57. The number of halogens is 3. The maximum Gasteiger partial charge on any atom is 0.416 e. The molecule has 2 aliphatic heterocycles. The van der Waals surface area contributed by atoms with Crippen molar-refractivity contribution in [2.75, 3.05) is 26.2 Å². The molecule has 1 aliphatic carbocycles. The molecule has 1 saturated carbocycles. The summed E-state index contributed by atoms with van der Waals surface area (Å²) in [4.78, 5) is 24.2. The number of piperidine rings is 2. The van der Waals surface area contributed by atoms with Crippen LogP contribution in [0.25, 0.3) is 22.2 Å². The zero-order valence-corrected chi connectivity index (χ0v) is 25.8. The number of amides is 1. The van der Waals surface area contributed by atoms with E-state index in [-0.39, 0.29) is 17.5 Å². The van der Waals surface area contributed by atoms with Crippen LogP contribution in [0, 0.1) is 5.92 Å². The van der Waals surface area contributed by atoms with E-state index in [9.17, 15) is 18.0 Å². The molecule has 8 heteroatoms. The standard InChI is InChI=1S/C36H45F3N4O/c1-25(26-11-5-2-6-12-26)40-35(44)33-30-16-15-28(36(37,38)39)23-32(30)41-34(27-13-7-3-8-14-27)31(33)24-42-21-17-29(18-22-42)43-19-9-4-10-20-43/h3,7-8,13-16,23,25-26,29H,2,4-6,9-12,17-22,24H2,1H3,(H,40,44)/t25-/m1/s1. The number of nitrogens with one attached hydrogen (secondary N) is 1. The second-order valence-corrected chi connectivity index (χ2v) is 13.2. The maximum atomic E-state index is 14.3. The molecule has 5 nitrogen and oxygen atoms in total. The van der Waals surface area contributed by atoms with Crippen LogP contribution in [0.2, 0.25) is 0 Å². The van der Waals surface area contributed by atoms with Crippen molar-refractivity contribution in [2.24, 2.45) is 5.92 Å². The molecular weight excluding hydrogens is 561 g/mol. The second kappa shape index (κ2) is 13.6. The summed E-state index contributed by atoms with van der Waals surface area (Å²) >= 11 is 0. The number of benzene rings is 2. The van der Waals surface area contributed by atoms with Crippen molar-refractivity contribution in [3.05, 3.63) is 65.2 Å². The lowest BCUT2D eigenvalue weighted by Gasteiger charge is -2.40. The predicted molar refractivity (Wildman–Crippen MR) is 169 cm³/mol. The van der Waals surface area contributed by atoms with Gasteiger partial charge in [0.1, 0.15) is 0 Å². The van der Waals surface area contributed by atoms with Crippen molar-refractivity contribution >= 4 is 16.8 Å². The fourth-order valence-corrected chi connectivity index (χ4v) is 7.71. The third kappa shape index (κ3) is 6.96. The highest BCUT2D eigenvalue weighted by Crippen LogP contribution is 2.37. The summed E-state index contributed by atoms with van der Waals surface area (Å²) in [5, 5.41) is 3.77. The van der Waals surface area contributed by atoms with Crippen molar-refractivity contribution in [3.63, 3.8) is 0 Å². The molecule has 6 rings (SSSR count). The van der Waals surface area contributed by atoms with E-state index < -0.39 is 11.7 Å². The second-order valence-electron chi connectivity index (χ2n) is 13.2. The van der Waals surface area contributed by atoms with Crippen LogP contribution >= 0.6 is 0 Å². The number of pyridine rings is 1. The summed E-state index contributed by atoms with van der Waals surface area (Å²) in [6, 6.07) is 13.8. The van der Waals surface area contributed by atoms with Crippen LogP contribution in [0.3, 0.4) is 0 Å². The molecule has 0 unspecified atom stereocenters. The molecule has 3 aromatic rings. The van der Waals surface area contributed by atoms with Crippen LogP contribution in [0.5, 0.6) is 0 Å². The van der Waals surface area contributed by atoms with Gasteiger partial charge in [0.25, 0.3) is 5.91 Å². The van der Waals surface area contributed by atoms with E-state index in [1.54, 1.807) is 0 Å². The van der Waals surface area contributed by atoms with Gasteiger partial charge in [-0.25, -0.2) is 4.98 Å². The Morgan fingerprint density at radius 2 is 1.59 bits per heavy atom. The maximum absolute atomic E-state index is 14.3. The first-order chi connectivity index (χ1) is 21.3. The van der Waals surface area contributed by atoms with Gasteiger partial charge in [-0.3, -0.25) is 9.69 Å². The first-order valence-electron chi connectivity index (χ1n) is 16.6. The molecule has 3 aliphatic rings. The molecule has 3 fully saturated rings. The van der Waals surface area contributed by atoms with Gasteiger partial charge in [0.15, 0.2) is 0 Å². The van der Waals surface area contributed by atoms with Crippen LogP contribution in [0.1, 0.15) is 92.6 Å². The minimum Gasteiger partial charge on any atom is -0.349 e. The van der Waals surface area contributed by atoms with Gasteiger partial charge in [-0.05, 0) is 89.7 Å².